The van der Waals surface area contributed by atoms with Gasteiger partial charge in [0.25, 0.3) is 0 Å². The standard InChI is InChI=1S/C15H22N2O/c1-12-4-2-5-13(10-12)7-9-17-15(18)14-6-3-8-16-11-14/h2,4-5,10,14,16H,3,6-9,11H2,1H3,(H,17,18)/t14-/m0/s1. The average Bonchev–Trinajstić information content (AvgIpc) is 2.40. The molecule has 1 aromatic rings. The predicted molar refractivity (Wildman–Crippen MR) is 73.5 cm³/mol. The third kappa shape index (κ3) is 3.84. The Morgan fingerprint density at radius 1 is 1.50 bits per heavy atom. The number of hydrogen-bond donors (Lipinski definition) is 2. The molecule has 1 heterocycles. The van der Waals surface area contributed by atoms with Gasteiger partial charge >= 0.3 is 0 Å². The van der Waals surface area contributed by atoms with Gasteiger partial charge in [0.15, 0.2) is 0 Å². The van der Waals surface area contributed by atoms with Gasteiger partial charge in [0.2, 0.25) is 5.91 Å². The van der Waals surface area contributed by atoms with Crippen LogP contribution in [-0.4, -0.2) is 25.5 Å². The lowest BCUT2D eigenvalue weighted by Gasteiger charge is -2.21. The Labute approximate surface area is 109 Å². The molecule has 1 saturated heterocycles. The highest BCUT2D eigenvalue weighted by Crippen LogP contribution is 2.09. The second-order valence-electron chi connectivity index (χ2n) is 5.07. The van der Waals surface area contributed by atoms with E-state index in [4.69, 9.17) is 0 Å². The number of rotatable bonds is 4. The molecule has 98 valence electrons. The second kappa shape index (κ2) is 6.55. The van der Waals surface area contributed by atoms with Gasteiger partial charge in [-0.2, -0.15) is 0 Å². The fourth-order valence-corrected chi connectivity index (χ4v) is 2.42. The quantitative estimate of drug-likeness (QED) is 0.848. The zero-order valence-corrected chi connectivity index (χ0v) is 11.0. The van der Waals surface area contributed by atoms with E-state index in [1.54, 1.807) is 0 Å². The van der Waals surface area contributed by atoms with Crippen molar-refractivity contribution in [3.8, 4) is 0 Å². The van der Waals surface area contributed by atoms with Gasteiger partial charge in [-0.05, 0) is 38.3 Å². The van der Waals surface area contributed by atoms with Crippen molar-refractivity contribution in [1.29, 1.82) is 0 Å². The molecule has 1 aromatic carbocycles. The number of amides is 1. The molecule has 18 heavy (non-hydrogen) atoms. The van der Waals surface area contributed by atoms with E-state index in [1.807, 2.05) is 0 Å². The van der Waals surface area contributed by atoms with Crippen molar-refractivity contribution in [1.82, 2.24) is 10.6 Å². The van der Waals surface area contributed by atoms with Gasteiger partial charge < -0.3 is 10.6 Å². The zero-order chi connectivity index (χ0) is 12.8. The van der Waals surface area contributed by atoms with Crippen molar-refractivity contribution in [2.45, 2.75) is 26.2 Å². The maximum absolute atomic E-state index is 11.9. The zero-order valence-electron chi connectivity index (χ0n) is 11.0. The fraction of sp³-hybridized carbons (Fsp3) is 0.533. The van der Waals surface area contributed by atoms with E-state index in [0.29, 0.717) is 0 Å². The lowest BCUT2D eigenvalue weighted by molar-refractivity contribution is -0.125. The van der Waals surface area contributed by atoms with Crippen LogP contribution in [0.3, 0.4) is 0 Å². The maximum atomic E-state index is 11.9. The van der Waals surface area contributed by atoms with E-state index in [1.165, 1.54) is 11.1 Å². The summed E-state index contributed by atoms with van der Waals surface area (Å²) in [5, 5.41) is 6.31. The monoisotopic (exact) mass is 246 g/mol. The van der Waals surface area contributed by atoms with Gasteiger partial charge in [0.05, 0.1) is 5.92 Å². The molecule has 0 unspecified atom stereocenters. The first kappa shape index (κ1) is 13.1. The minimum atomic E-state index is 0.163. The number of benzene rings is 1. The average molecular weight is 246 g/mol. The van der Waals surface area contributed by atoms with Crippen LogP contribution < -0.4 is 10.6 Å². The van der Waals surface area contributed by atoms with Crippen LogP contribution in [0.1, 0.15) is 24.0 Å². The largest absolute Gasteiger partial charge is 0.355 e. The Morgan fingerprint density at radius 2 is 2.39 bits per heavy atom. The molecule has 3 nitrogen and oxygen atoms in total. The Kier molecular flexibility index (Phi) is 4.76. The van der Waals surface area contributed by atoms with Crippen molar-refractivity contribution in [3.63, 3.8) is 0 Å². The molecule has 1 fully saturated rings. The summed E-state index contributed by atoms with van der Waals surface area (Å²) < 4.78 is 0. The van der Waals surface area contributed by atoms with Crippen LogP contribution in [0.25, 0.3) is 0 Å². The van der Waals surface area contributed by atoms with E-state index in [0.717, 1.165) is 38.9 Å². The van der Waals surface area contributed by atoms with Crippen LogP contribution in [0.15, 0.2) is 24.3 Å². The van der Waals surface area contributed by atoms with Crippen LogP contribution in [0.2, 0.25) is 0 Å². The van der Waals surface area contributed by atoms with Gasteiger partial charge in [-0.25, -0.2) is 0 Å². The number of piperidine rings is 1. The van der Waals surface area contributed by atoms with E-state index < -0.39 is 0 Å². The minimum Gasteiger partial charge on any atom is -0.355 e. The summed E-state index contributed by atoms with van der Waals surface area (Å²) in [5.41, 5.74) is 2.56. The number of nitrogens with one attached hydrogen (secondary N) is 2. The Bertz CT molecular complexity index is 397. The summed E-state index contributed by atoms with van der Waals surface area (Å²) in [5.74, 6) is 0.367. The highest BCUT2D eigenvalue weighted by atomic mass is 16.1. The molecular formula is C15H22N2O. The molecule has 0 spiro atoms. The SMILES string of the molecule is Cc1cccc(CCNC(=O)[C@H]2CCCNC2)c1. The minimum absolute atomic E-state index is 0.163. The molecule has 1 amide bonds. The van der Waals surface area contributed by atoms with Gasteiger partial charge in [0.1, 0.15) is 0 Å². The summed E-state index contributed by atoms with van der Waals surface area (Å²) in [7, 11) is 0. The summed E-state index contributed by atoms with van der Waals surface area (Å²) >= 11 is 0. The molecule has 0 aromatic heterocycles. The van der Waals surface area contributed by atoms with Crippen LogP contribution in [0.5, 0.6) is 0 Å². The van der Waals surface area contributed by atoms with Crippen LogP contribution in [0, 0.1) is 12.8 Å². The highest BCUT2D eigenvalue weighted by molar-refractivity contribution is 5.78. The maximum Gasteiger partial charge on any atom is 0.224 e. The molecule has 3 heteroatoms. The van der Waals surface area contributed by atoms with E-state index >= 15 is 0 Å². The molecule has 1 atom stereocenters. The highest BCUT2D eigenvalue weighted by Gasteiger charge is 2.19. The Balaban J connectivity index is 1.73. The van der Waals surface area contributed by atoms with E-state index in [-0.39, 0.29) is 11.8 Å². The lowest BCUT2D eigenvalue weighted by atomic mass is 9.99. The van der Waals surface area contributed by atoms with Crippen LogP contribution in [0.4, 0.5) is 0 Å². The molecule has 2 rings (SSSR count). The van der Waals surface area contributed by atoms with Crippen molar-refractivity contribution in [2.75, 3.05) is 19.6 Å². The summed E-state index contributed by atoms with van der Waals surface area (Å²) in [6, 6.07) is 8.45. The summed E-state index contributed by atoms with van der Waals surface area (Å²) in [6.07, 6.45) is 3.03. The third-order valence-electron chi connectivity index (χ3n) is 3.46. The van der Waals surface area contributed by atoms with E-state index in [2.05, 4.69) is 41.8 Å². The summed E-state index contributed by atoms with van der Waals surface area (Å²) in [4.78, 5) is 11.9. The third-order valence-corrected chi connectivity index (χ3v) is 3.46. The van der Waals surface area contributed by atoms with Gasteiger partial charge in [0, 0.05) is 13.1 Å². The fourth-order valence-electron chi connectivity index (χ4n) is 2.42. The number of carbonyl (C=O) groups excluding carboxylic acids is 1. The van der Waals surface area contributed by atoms with Crippen molar-refractivity contribution in [3.05, 3.63) is 35.4 Å². The van der Waals surface area contributed by atoms with Gasteiger partial charge in [-0.15, -0.1) is 0 Å². The van der Waals surface area contributed by atoms with Crippen LogP contribution >= 0.6 is 0 Å². The lowest BCUT2D eigenvalue weighted by Crippen LogP contribution is -2.41. The first-order valence-corrected chi connectivity index (χ1v) is 6.79. The van der Waals surface area contributed by atoms with Crippen LogP contribution in [-0.2, 0) is 11.2 Å². The molecule has 0 radical (unpaired) electrons. The number of aryl methyl sites for hydroxylation is 1. The molecular weight excluding hydrogens is 224 g/mol. The molecule has 1 aliphatic heterocycles. The molecule has 1 aliphatic rings. The molecule has 0 aliphatic carbocycles. The first-order chi connectivity index (χ1) is 8.75. The van der Waals surface area contributed by atoms with Gasteiger partial charge in [-0.3, -0.25) is 4.79 Å². The van der Waals surface area contributed by atoms with Crippen molar-refractivity contribution in [2.24, 2.45) is 5.92 Å². The number of carbonyl (C=O) groups is 1. The van der Waals surface area contributed by atoms with Gasteiger partial charge in [-0.1, -0.05) is 29.8 Å². The summed E-state index contributed by atoms with van der Waals surface area (Å²) in [6.45, 7) is 4.71. The Hall–Kier alpha value is -1.35. The normalized spacial score (nSPS) is 19.5. The first-order valence-electron chi connectivity index (χ1n) is 6.79. The van der Waals surface area contributed by atoms with Crippen molar-refractivity contribution >= 4 is 5.91 Å². The van der Waals surface area contributed by atoms with Crippen molar-refractivity contribution < 1.29 is 4.79 Å². The smallest absolute Gasteiger partial charge is 0.224 e. The molecule has 2 N–H and O–H groups in total. The predicted octanol–water partition coefficient (Wildman–Crippen LogP) is 1.65. The van der Waals surface area contributed by atoms with E-state index in [9.17, 15) is 4.79 Å². The Morgan fingerprint density at radius 3 is 3.11 bits per heavy atom. The number of hydrogen-bond acceptors (Lipinski definition) is 2. The molecule has 0 saturated carbocycles. The molecule has 0 bridgehead atoms. The second-order valence-corrected chi connectivity index (χ2v) is 5.07. The topological polar surface area (TPSA) is 41.1 Å².